The zero-order chi connectivity index (χ0) is 20.6. The van der Waals surface area contributed by atoms with Gasteiger partial charge < -0.3 is 15.0 Å². The number of hydrogen-bond acceptors (Lipinski definition) is 4. The molecule has 3 aromatic rings. The number of aromatic nitrogens is 3. The molecule has 3 heterocycles. The van der Waals surface area contributed by atoms with E-state index in [1.54, 1.807) is 7.11 Å². The van der Waals surface area contributed by atoms with Crippen LogP contribution in [0.25, 0.3) is 22.3 Å². The lowest BCUT2D eigenvalue weighted by Crippen LogP contribution is -2.11. The molecule has 0 amide bonds. The van der Waals surface area contributed by atoms with E-state index in [2.05, 4.69) is 64.4 Å². The van der Waals surface area contributed by atoms with Crippen molar-refractivity contribution in [2.45, 2.75) is 60.0 Å². The van der Waals surface area contributed by atoms with Crippen molar-refractivity contribution in [3.05, 3.63) is 46.4 Å². The highest BCUT2D eigenvalue weighted by Gasteiger charge is 2.20. The Balaban J connectivity index is 2.25. The number of nitrogens with two attached hydrogens (primary N) is 1. The van der Waals surface area contributed by atoms with Gasteiger partial charge in [0.25, 0.3) is 0 Å². The number of fused-ring (bicyclic) bond motifs is 1. The first-order chi connectivity index (χ1) is 13.3. The molecule has 0 aromatic carbocycles. The molecule has 5 heteroatoms. The maximum atomic E-state index is 6.06. The van der Waals surface area contributed by atoms with E-state index in [0.29, 0.717) is 19.1 Å². The number of pyridine rings is 2. The second-order valence-electron chi connectivity index (χ2n) is 8.02. The first kappa shape index (κ1) is 20.5. The van der Waals surface area contributed by atoms with Gasteiger partial charge in [-0.15, -0.1) is 0 Å². The van der Waals surface area contributed by atoms with Crippen LogP contribution in [-0.4, -0.2) is 28.3 Å². The standard InChI is InChI=1S/C23H32N4O/c1-13(2)19-9-8-18(20(10-24)25-19)22-16(5)17(6)23-21(26-22)14(3)11-27(23)15(4)12-28-7/h8-9,11,13,15H,10,12,24H2,1-7H3/t15-/m0/s1. The largest absolute Gasteiger partial charge is 0.383 e. The van der Waals surface area contributed by atoms with Crippen LogP contribution in [0.2, 0.25) is 0 Å². The van der Waals surface area contributed by atoms with E-state index >= 15 is 0 Å². The van der Waals surface area contributed by atoms with Gasteiger partial charge in [0, 0.05) is 31.1 Å². The molecule has 150 valence electrons. The van der Waals surface area contributed by atoms with Gasteiger partial charge >= 0.3 is 0 Å². The summed E-state index contributed by atoms with van der Waals surface area (Å²) in [6, 6.07) is 4.47. The molecule has 3 rings (SSSR count). The van der Waals surface area contributed by atoms with E-state index < -0.39 is 0 Å². The van der Waals surface area contributed by atoms with Gasteiger partial charge in [-0.1, -0.05) is 13.8 Å². The van der Waals surface area contributed by atoms with Crippen LogP contribution in [-0.2, 0) is 11.3 Å². The molecule has 1 atom stereocenters. The van der Waals surface area contributed by atoms with Gasteiger partial charge in [0.05, 0.1) is 35.1 Å². The minimum Gasteiger partial charge on any atom is -0.383 e. The molecule has 0 bridgehead atoms. The number of rotatable bonds is 6. The summed E-state index contributed by atoms with van der Waals surface area (Å²) < 4.78 is 7.67. The van der Waals surface area contributed by atoms with E-state index in [0.717, 1.165) is 28.2 Å². The van der Waals surface area contributed by atoms with Gasteiger partial charge in [-0.25, -0.2) is 4.98 Å². The number of aryl methyl sites for hydroxylation is 2. The Morgan fingerprint density at radius 1 is 1.07 bits per heavy atom. The Morgan fingerprint density at radius 2 is 1.79 bits per heavy atom. The molecule has 28 heavy (non-hydrogen) atoms. The molecule has 3 aromatic heterocycles. The third-order valence-corrected chi connectivity index (χ3v) is 5.60. The summed E-state index contributed by atoms with van der Waals surface area (Å²) in [4.78, 5) is 9.91. The second-order valence-corrected chi connectivity index (χ2v) is 8.02. The maximum Gasteiger partial charge on any atom is 0.0920 e. The molecule has 0 aliphatic carbocycles. The van der Waals surface area contributed by atoms with Crippen molar-refractivity contribution < 1.29 is 4.74 Å². The second kappa shape index (κ2) is 8.02. The van der Waals surface area contributed by atoms with Crippen LogP contribution in [0, 0.1) is 20.8 Å². The number of nitrogens with zero attached hydrogens (tertiary/aromatic N) is 3. The minimum absolute atomic E-state index is 0.249. The number of hydrogen-bond donors (Lipinski definition) is 1. The third kappa shape index (κ3) is 3.45. The fraction of sp³-hybridized carbons (Fsp3) is 0.478. The van der Waals surface area contributed by atoms with Gasteiger partial charge in [0.2, 0.25) is 0 Å². The molecule has 0 unspecified atom stereocenters. The molecule has 0 saturated carbocycles. The van der Waals surface area contributed by atoms with Crippen LogP contribution in [0.15, 0.2) is 18.3 Å². The van der Waals surface area contributed by atoms with Crippen molar-refractivity contribution in [3.63, 3.8) is 0 Å². The highest BCUT2D eigenvalue weighted by molar-refractivity contribution is 5.88. The van der Waals surface area contributed by atoms with E-state index in [9.17, 15) is 0 Å². The molecule has 2 N–H and O–H groups in total. The first-order valence-corrected chi connectivity index (χ1v) is 9.97. The normalized spacial score (nSPS) is 12.9. The van der Waals surface area contributed by atoms with Crippen molar-refractivity contribution in [1.29, 1.82) is 0 Å². The SMILES string of the molecule is COC[C@H](C)n1cc(C)c2nc(-c3ccc(C(C)C)nc3CN)c(C)c(C)c21. The van der Waals surface area contributed by atoms with Crippen molar-refractivity contribution in [2.24, 2.45) is 5.73 Å². The van der Waals surface area contributed by atoms with Crippen LogP contribution in [0.4, 0.5) is 0 Å². The zero-order valence-corrected chi connectivity index (χ0v) is 18.1. The van der Waals surface area contributed by atoms with Crippen LogP contribution in [0.3, 0.4) is 0 Å². The Bertz CT molecular complexity index is 1000. The smallest absolute Gasteiger partial charge is 0.0920 e. The van der Waals surface area contributed by atoms with Gasteiger partial charge in [0.15, 0.2) is 0 Å². The summed E-state index contributed by atoms with van der Waals surface area (Å²) >= 11 is 0. The lowest BCUT2D eigenvalue weighted by Gasteiger charge is -2.18. The van der Waals surface area contributed by atoms with Gasteiger partial charge in [-0.3, -0.25) is 4.98 Å². The molecule has 0 radical (unpaired) electrons. The Labute approximate surface area is 167 Å². The Kier molecular flexibility index (Phi) is 5.87. The fourth-order valence-corrected chi connectivity index (χ4v) is 3.85. The minimum atomic E-state index is 0.249. The lowest BCUT2D eigenvalue weighted by atomic mass is 9.98. The van der Waals surface area contributed by atoms with Crippen molar-refractivity contribution in [3.8, 4) is 11.3 Å². The van der Waals surface area contributed by atoms with Crippen LogP contribution >= 0.6 is 0 Å². The van der Waals surface area contributed by atoms with Gasteiger partial charge in [-0.2, -0.15) is 0 Å². The summed E-state index contributed by atoms with van der Waals surface area (Å²) in [6.45, 7) is 14.0. The zero-order valence-electron chi connectivity index (χ0n) is 18.1. The van der Waals surface area contributed by atoms with Crippen LogP contribution in [0.1, 0.15) is 60.8 Å². The van der Waals surface area contributed by atoms with Crippen LogP contribution < -0.4 is 5.73 Å². The average molecular weight is 381 g/mol. The van der Waals surface area contributed by atoms with Crippen molar-refractivity contribution >= 4 is 11.0 Å². The average Bonchev–Trinajstić information content (AvgIpc) is 3.01. The predicted octanol–water partition coefficient (Wildman–Crippen LogP) is 4.81. The highest BCUT2D eigenvalue weighted by Crippen LogP contribution is 2.34. The molecule has 0 spiro atoms. The van der Waals surface area contributed by atoms with E-state index in [1.807, 2.05) is 0 Å². The predicted molar refractivity (Wildman–Crippen MR) is 116 cm³/mol. The monoisotopic (exact) mass is 380 g/mol. The summed E-state index contributed by atoms with van der Waals surface area (Å²) in [5.74, 6) is 0.371. The molecule has 0 fully saturated rings. The van der Waals surface area contributed by atoms with Crippen molar-refractivity contribution in [1.82, 2.24) is 14.5 Å². The Morgan fingerprint density at radius 3 is 2.39 bits per heavy atom. The summed E-state index contributed by atoms with van der Waals surface area (Å²) in [5, 5.41) is 0. The molecule has 0 saturated heterocycles. The molecule has 5 nitrogen and oxygen atoms in total. The van der Waals surface area contributed by atoms with E-state index in [-0.39, 0.29) is 6.04 Å². The topological polar surface area (TPSA) is 66.0 Å². The summed E-state index contributed by atoms with van der Waals surface area (Å²) in [5.41, 5.74) is 15.9. The first-order valence-electron chi connectivity index (χ1n) is 9.97. The highest BCUT2D eigenvalue weighted by atomic mass is 16.5. The van der Waals surface area contributed by atoms with E-state index in [4.69, 9.17) is 20.4 Å². The van der Waals surface area contributed by atoms with Crippen molar-refractivity contribution in [2.75, 3.05) is 13.7 Å². The molecule has 0 aliphatic heterocycles. The molecular weight excluding hydrogens is 348 g/mol. The maximum absolute atomic E-state index is 6.06. The molecular formula is C23H32N4O. The summed E-state index contributed by atoms with van der Waals surface area (Å²) in [6.07, 6.45) is 2.18. The summed E-state index contributed by atoms with van der Waals surface area (Å²) in [7, 11) is 1.74. The fourth-order valence-electron chi connectivity index (χ4n) is 3.85. The van der Waals surface area contributed by atoms with Crippen LogP contribution in [0.5, 0.6) is 0 Å². The number of ether oxygens (including phenoxy) is 1. The van der Waals surface area contributed by atoms with Gasteiger partial charge in [0.1, 0.15) is 0 Å². The van der Waals surface area contributed by atoms with E-state index in [1.165, 1.54) is 22.2 Å². The lowest BCUT2D eigenvalue weighted by molar-refractivity contribution is 0.164. The quantitative estimate of drug-likeness (QED) is 0.666. The third-order valence-electron chi connectivity index (χ3n) is 5.60. The van der Waals surface area contributed by atoms with Gasteiger partial charge in [-0.05, 0) is 62.4 Å². The molecule has 0 aliphatic rings. The Hall–Kier alpha value is -2.24. The number of methoxy groups -OCH3 is 1.